The quantitative estimate of drug-likeness (QED) is 0.785. The van der Waals surface area contributed by atoms with Gasteiger partial charge in [-0.05, 0) is 47.0 Å². The van der Waals surface area contributed by atoms with Crippen LogP contribution in [0.25, 0.3) is 0 Å². The molecule has 1 amide bonds. The Morgan fingerprint density at radius 3 is 2.52 bits per heavy atom. The van der Waals surface area contributed by atoms with Crippen LogP contribution in [-0.4, -0.2) is 52.5 Å². The molecule has 1 N–H and O–H groups in total. The number of aliphatic hydroxyl groups is 1. The number of nitrogens with zero attached hydrogens (tertiary/aromatic N) is 1. The first kappa shape index (κ1) is 16.1. The normalized spacial score (nSPS) is 32.0. The molecule has 0 aromatic carbocycles. The Morgan fingerprint density at radius 1 is 1.29 bits per heavy atom. The Labute approximate surface area is 125 Å². The Kier molecular flexibility index (Phi) is 4.46. The zero-order chi connectivity index (χ0) is 15.8. The first-order valence-corrected chi connectivity index (χ1v) is 7.60. The van der Waals surface area contributed by atoms with Crippen LogP contribution in [-0.2, 0) is 14.3 Å². The maximum Gasteiger partial charge on any atom is 0.410 e. The molecule has 6 heteroatoms. The summed E-state index contributed by atoms with van der Waals surface area (Å²) in [6.07, 6.45) is 0.733. The van der Waals surface area contributed by atoms with E-state index in [9.17, 15) is 14.7 Å². The molecule has 2 saturated heterocycles. The number of aliphatic hydroxyl groups excluding tert-OH is 1. The molecule has 0 aromatic rings. The van der Waals surface area contributed by atoms with Gasteiger partial charge in [-0.1, -0.05) is 0 Å². The number of hydrogen-bond donors (Lipinski definition) is 1. The zero-order valence-corrected chi connectivity index (χ0v) is 13.2. The number of carbonyl (C=O) groups excluding carboxylic acids is 2. The molecule has 2 aliphatic rings. The molecule has 2 fully saturated rings. The zero-order valence-electron chi connectivity index (χ0n) is 13.2. The number of ether oxygens (including phenoxy) is 2. The predicted octanol–water partition coefficient (Wildman–Crippen LogP) is 1.70. The fourth-order valence-electron chi connectivity index (χ4n) is 3.33. The van der Waals surface area contributed by atoms with Crippen LogP contribution in [0.5, 0.6) is 0 Å². The summed E-state index contributed by atoms with van der Waals surface area (Å²) in [4.78, 5) is 26.1. The second-order valence-electron chi connectivity index (χ2n) is 6.77. The lowest BCUT2D eigenvalue weighted by Gasteiger charge is -2.41. The molecule has 0 saturated carbocycles. The van der Waals surface area contributed by atoms with Crippen LogP contribution in [0.15, 0.2) is 0 Å². The van der Waals surface area contributed by atoms with E-state index >= 15 is 0 Å². The molecular weight excluding hydrogens is 274 g/mol. The maximum atomic E-state index is 12.4. The highest BCUT2D eigenvalue weighted by molar-refractivity contribution is 5.77. The molecule has 0 aromatic heterocycles. The molecule has 2 bridgehead atoms. The van der Waals surface area contributed by atoms with E-state index in [1.54, 1.807) is 11.8 Å². The van der Waals surface area contributed by atoms with Crippen molar-refractivity contribution < 1.29 is 24.2 Å². The molecular formula is C15H25NO5. The summed E-state index contributed by atoms with van der Waals surface area (Å²) in [5.41, 5.74) is -0.577. The van der Waals surface area contributed by atoms with Gasteiger partial charge in [0.25, 0.3) is 0 Å². The summed E-state index contributed by atoms with van der Waals surface area (Å²) in [6.45, 7) is 7.44. The van der Waals surface area contributed by atoms with E-state index in [0.29, 0.717) is 12.8 Å². The number of carbonyl (C=O) groups is 2. The van der Waals surface area contributed by atoms with Crippen LogP contribution in [0.3, 0.4) is 0 Å². The topological polar surface area (TPSA) is 76.1 Å². The van der Waals surface area contributed by atoms with Gasteiger partial charge in [0.2, 0.25) is 0 Å². The molecule has 6 nitrogen and oxygen atoms in total. The minimum Gasteiger partial charge on any atom is -0.466 e. The highest BCUT2D eigenvalue weighted by Gasteiger charge is 2.53. The molecule has 21 heavy (non-hydrogen) atoms. The van der Waals surface area contributed by atoms with Gasteiger partial charge < -0.3 is 19.5 Å². The third kappa shape index (κ3) is 3.31. The van der Waals surface area contributed by atoms with Gasteiger partial charge in [-0.15, -0.1) is 0 Å². The van der Waals surface area contributed by atoms with Crippen molar-refractivity contribution in [2.75, 3.05) is 6.61 Å². The lowest BCUT2D eigenvalue weighted by molar-refractivity contribution is -0.158. The summed E-state index contributed by atoms with van der Waals surface area (Å²) >= 11 is 0. The number of fused-ring (bicyclic) bond motifs is 2. The summed E-state index contributed by atoms with van der Waals surface area (Å²) in [7, 11) is 0. The second-order valence-corrected chi connectivity index (χ2v) is 6.77. The molecule has 0 spiro atoms. The molecule has 2 aliphatic heterocycles. The van der Waals surface area contributed by atoms with E-state index in [-0.39, 0.29) is 18.7 Å². The van der Waals surface area contributed by atoms with Gasteiger partial charge in [-0.3, -0.25) is 4.79 Å². The van der Waals surface area contributed by atoms with Gasteiger partial charge in [-0.2, -0.15) is 0 Å². The standard InChI is InChI=1S/C15H25NO5/c1-5-20-13(18)12-10-7-6-9(8-11(12)17)16(10)14(19)21-15(2,3)4/h9-12,17H,5-8H2,1-4H3. The fraction of sp³-hybridized carbons (Fsp3) is 0.867. The van der Waals surface area contributed by atoms with Gasteiger partial charge in [0.15, 0.2) is 0 Å². The van der Waals surface area contributed by atoms with Gasteiger partial charge in [-0.25, -0.2) is 4.79 Å². The SMILES string of the molecule is CCOC(=O)C1C(O)CC2CCC1N2C(=O)OC(C)(C)C. The van der Waals surface area contributed by atoms with E-state index < -0.39 is 29.7 Å². The molecule has 4 atom stereocenters. The monoisotopic (exact) mass is 299 g/mol. The van der Waals surface area contributed by atoms with Crippen LogP contribution < -0.4 is 0 Å². The Balaban J connectivity index is 2.17. The van der Waals surface area contributed by atoms with Crippen molar-refractivity contribution >= 4 is 12.1 Å². The Bertz CT molecular complexity index is 417. The highest BCUT2D eigenvalue weighted by atomic mass is 16.6. The average molecular weight is 299 g/mol. The van der Waals surface area contributed by atoms with Crippen LogP contribution in [0.2, 0.25) is 0 Å². The van der Waals surface area contributed by atoms with Crippen LogP contribution in [0.4, 0.5) is 4.79 Å². The minimum atomic E-state index is -0.750. The number of rotatable bonds is 2. The summed E-state index contributed by atoms with van der Waals surface area (Å²) in [6, 6.07) is -0.377. The van der Waals surface area contributed by atoms with Crippen molar-refractivity contribution in [2.45, 2.75) is 70.7 Å². The van der Waals surface area contributed by atoms with E-state index in [1.165, 1.54) is 0 Å². The molecule has 2 heterocycles. The molecule has 120 valence electrons. The summed E-state index contributed by atoms with van der Waals surface area (Å²) in [5.74, 6) is -1.10. The largest absolute Gasteiger partial charge is 0.466 e. The Morgan fingerprint density at radius 2 is 1.95 bits per heavy atom. The van der Waals surface area contributed by atoms with E-state index in [1.807, 2.05) is 20.8 Å². The maximum absolute atomic E-state index is 12.4. The van der Waals surface area contributed by atoms with Crippen molar-refractivity contribution in [1.29, 1.82) is 0 Å². The number of amides is 1. The predicted molar refractivity (Wildman–Crippen MR) is 75.6 cm³/mol. The number of hydrogen-bond acceptors (Lipinski definition) is 5. The van der Waals surface area contributed by atoms with E-state index in [0.717, 1.165) is 6.42 Å². The second kappa shape index (κ2) is 5.83. The smallest absolute Gasteiger partial charge is 0.410 e. The van der Waals surface area contributed by atoms with Crippen LogP contribution >= 0.6 is 0 Å². The first-order valence-electron chi connectivity index (χ1n) is 7.60. The van der Waals surface area contributed by atoms with Gasteiger partial charge >= 0.3 is 12.1 Å². The third-order valence-electron chi connectivity index (χ3n) is 4.05. The van der Waals surface area contributed by atoms with Gasteiger partial charge in [0.1, 0.15) is 11.5 Å². The van der Waals surface area contributed by atoms with Crippen molar-refractivity contribution in [1.82, 2.24) is 4.90 Å². The lowest BCUT2D eigenvalue weighted by Crippen LogP contribution is -2.56. The van der Waals surface area contributed by atoms with E-state index in [4.69, 9.17) is 9.47 Å². The Hall–Kier alpha value is -1.30. The molecule has 4 unspecified atom stereocenters. The van der Waals surface area contributed by atoms with E-state index in [2.05, 4.69) is 0 Å². The fourth-order valence-corrected chi connectivity index (χ4v) is 3.33. The summed E-state index contributed by atoms with van der Waals surface area (Å²) in [5, 5.41) is 10.2. The molecule has 0 radical (unpaired) electrons. The van der Waals surface area contributed by atoms with Crippen molar-refractivity contribution in [3.8, 4) is 0 Å². The van der Waals surface area contributed by atoms with Gasteiger partial charge in [0.05, 0.1) is 18.8 Å². The van der Waals surface area contributed by atoms with Crippen molar-refractivity contribution in [3.05, 3.63) is 0 Å². The molecule has 0 aliphatic carbocycles. The first-order chi connectivity index (χ1) is 9.74. The lowest BCUT2D eigenvalue weighted by atomic mass is 9.87. The van der Waals surface area contributed by atoms with Crippen LogP contribution in [0.1, 0.15) is 47.0 Å². The number of piperidine rings is 1. The van der Waals surface area contributed by atoms with Crippen molar-refractivity contribution in [2.24, 2.45) is 5.92 Å². The van der Waals surface area contributed by atoms with Gasteiger partial charge in [0, 0.05) is 6.04 Å². The van der Waals surface area contributed by atoms with Crippen LogP contribution in [0, 0.1) is 5.92 Å². The summed E-state index contributed by atoms with van der Waals surface area (Å²) < 4.78 is 10.5. The minimum absolute atomic E-state index is 0.0504. The third-order valence-corrected chi connectivity index (χ3v) is 4.05. The number of esters is 1. The van der Waals surface area contributed by atoms with Crippen molar-refractivity contribution in [3.63, 3.8) is 0 Å². The average Bonchev–Trinajstić information content (AvgIpc) is 2.63. The molecule has 2 rings (SSSR count). The highest BCUT2D eigenvalue weighted by Crippen LogP contribution is 2.40.